The van der Waals surface area contributed by atoms with Gasteiger partial charge in [0, 0.05) is 11.8 Å². The molecule has 0 spiro atoms. The number of alkyl halides is 3. The second kappa shape index (κ2) is 7.18. The lowest BCUT2D eigenvalue weighted by Crippen LogP contribution is -2.12. The maximum Gasteiger partial charge on any atom is 0.416 e. The minimum absolute atomic E-state index is 0.0605. The van der Waals surface area contributed by atoms with Gasteiger partial charge in [0.2, 0.25) is 0 Å². The van der Waals surface area contributed by atoms with Crippen LogP contribution in [0.3, 0.4) is 0 Å². The molecular formula is C18H12F5N3O. The molecule has 0 aliphatic carbocycles. The Morgan fingerprint density at radius 1 is 1.07 bits per heavy atom. The molecule has 0 saturated carbocycles. The predicted octanol–water partition coefficient (Wildman–Crippen LogP) is 4.48. The number of hydrogen-bond donors (Lipinski definition) is 1. The van der Waals surface area contributed by atoms with E-state index in [-0.39, 0.29) is 17.8 Å². The van der Waals surface area contributed by atoms with Crippen LogP contribution < -0.4 is 5.32 Å². The van der Waals surface area contributed by atoms with E-state index >= 15 is 0 Å². The third kappa shape index (κ3) is 4.49. The Morgan fingerprint density at radius 3 is 2.56 bits per heavy atom. The second-order valence-corrected chi connectivity index (χ2v) is 5.71. The predicted molar refractivity (Wildman–Crippen MR) is 87.1 cm³/mol. The Balaban J connectivity index is 1.70. The number of anilines is 1. The van der Waals surface area contributed by atoms with Gasteiger partial charge in [0.05, 0.1) is 24.0 Å². The highest BCUT2D eigenvalue weighted by atomic mass is 19.4. The average molecular weight is 381 g/mol. The molecule has 4 nitrogen and oxygen atoms in total. The number of rotatable bonds is 4. The van der Waals surface area contributed by atoms with Crippen LogP contribution in [-0.2, 0) is 12.7 Å². The fourth-order valence-electron chi connectivity index (χ4n) is 2.39. The van der Waals surface area contributed by atoms with Crippen molar-refractivity contribution in [1.29, 1.82) is 0 Å². The molecule has 0 aliphatic rings. The third-order valence-electron chi connectivity index (χ3n) is 3.67. The zero-order valence-corrected chi connectivity index (χ0v) is 13.6. The van der Waals surface area contributed by atoms with Crippen LogP contribution in [0.4, 0.5) is 27.6 Å². The minimum Gasteiger partial charge on any atom is -0.319 e. The Hall–Kier alpha value is -3.23. The summed E-state index contributed by atoms with van der Waals surface area (Å²) in [7, 11) is 0. The van der Waals surface area contributed by atoms with Crippen molar-refractivity contribution in [2.24, 2.45) is 0 Å². The number of carbonyl (C=O) groups excluding carboxylic acids is 1. The minimum atomic E-state index is -4.44. The van der Waals surface area contributed by atoms with Crippen molar-refractivity contribution in [2.75, 3.05) is 5.32 Å². The van der Waals surface area contributed by atoms with E-state index in [1.165, 1.54) is 29.2 Å². The molecule has 0 bridgehead atoms. The van der Waals surface area contributed by atoms with Gasteiger partial charge in [0.25, 0.3) is 5.91 Å². The van der Waals surface area contributed by atoms with Crippen LogP contribution in [0, 0.1) is 11.6 Å². The number of benzene rings is 2. The molecule has 0 aliphatic heterocycles. The monoisotopic (exact) mass is 381 g/mol. The molecule has 1 heterocycles. The Kier molecular flexibility index (Phi) is 4.93. The lowest BCUT2D eigenvalue weighted by atomic mass is 10.1. The molecule has 27 heavy (non-hydrogen) atoms. The molecule has 140 valence electrons. The van der Waals surface area contributed by atoms with Gasteiger partial charge in [-0.25, -0.2) is 8.78 Å². The number of nitrogens with one attached hydrogen (secondary N) is 1. The fourth-order valence-corrected chi connectivity index (χ4v) is 2.39. The molecule has 2 aromatic carbocycles. The van der Waals surface area contributed by atoms with Crippen molar-refractivity contribution in [3.05, 3.63) is 83.2 Å². The van der Waals surface area contributed by atoms with E-state index < -0.39 is 29.3 Å². The van der Waals surface area contributed by atoms with Crippen LogP contribution in [0.15, 0.2) is 54.9 Å². The van der Waals surface area contributed by atoms with E-state index in [0.717, 1.165) is 30.3 Å². The average Bonchev–Trinajstić information content (AvgIpc) is 3.03. The Labute approximate surface area is 150 Å². The molecule has 3 aromatic rings. The molecule has 9 heteroatoms. The van der Waals surface area contributed by atoms with Crippen LogP contribution in [0.5, 0.6) is 0 Å². The molecule has 0 saturated heterocycles. The fraction of sp³-hybridized carbons (Fsp3) is 0.111. The first-order valence-electron chi connectivity index (χ1n) is 7.67. The number of hydrogen-bond acceptors (Lipinski definition) is 2. The standard InChI is InChI=1S/C18H12F5N3O/c19-15-5-4-12(7-16(15)20)17(27)25-14-8-24-26(10-14)9-11-2-1-3-13(6-11)18(21,22)23/h1-8,10H,9H2,(H,25,27). The molecule has 3 rings (SSSR count). The first-order valence-corrected chi connectivity index (χ1v) is 7.67. The smallest absolute Gasteiger partial charge is 0.319 e. The molecule has 0 fully saturated rings. The van der Waals surface area contributed by atoms with E-state index in [1.54, 1.807) is 0 Å². The van der Waals surface area contributed by atoms with Gasteiger partial charge >= 0.3 is 6.18 Å². The van der Waals surface area contributed by atoms with E-state index in [0.29, 0.717) is 5.56 Å². The Morgan fingerprint density at radius 2 is 1.85 bits per heavy atom. The Bertz CT molecular complexity index is 981. The zero-order chi connectivity index (χ0) is 19.6. The summed E-state index contributed by atoms with van der Waals surface area (Å²) >= 11 is 0. The first kappa shape index (κ1) is 18.6. The molecule has 1 N–H and O–H groups in total. The van der Waals surface area contributed by atoms with Crippen LogP contribution in [0.25, 0.3) is 0 Å². The van der Waals surface area contributed by atoms with Crippen LogP contribution >= 0.6 is 0 Å². The second-order valence-electron chi connectivity index (χ2n) is 5.71. The summed E-state index contributed by atoms with van der Waals surface area (Å²) in [6.07, 6.45) is -1.73. The van der Waals surface area contributed by atoms with Gasteiger partial charge in [-0.2, -0.15) is 18.3 Å². The number of nitrogens with zero attached hydrogens (tertiary/aromatic N) is 2. The van der Waals surface area contributed by atoms with Crippen LogP contribution in [0.1, 0.15) is 21.5 Å². The summed E-state index contributed by atoms with van der Waals surface area (Å²) in [6, 6.07) is 7.53. The molecule has 0 unspecified atom stereocenters. The summed E-state index contributed by atoms with van der Waals surface area (Å²) in [4.78, 5) is 12.0. The lowest BCUT2D eigenvalue weighted by molar-refractivity contribution is -0.137. The maximum absolute atomic E-state index is 13.2. The highest BCUT2D eigenvalue weighted by Crippen LogP contribution is 2.29. The van der Waals surface area contributed by atoms with Crippen molar-refractivity contribution in [3.8, 4) is 0 Å². The summed E-state index contributed by atoms with van der Waals surface area (Å²) < 4.78 is 65.7. The van der Waals surface area contributed by atoms with E-state index in [4.69, 9.17) is 0 Å². The quantitative estimate of drug-likeness (QED) is 0.678. The van der Waals surface area contributed by atoms with Gasteiger partial charge in [-0.3, -0.25) is 9.48 Å². The highest BCUT2D eigenvalue weighted by Gasteiger charge is 2.30. The normalized spacial score (nSPS) is 11.4. The van der Waals surface area contributed by atoms with E-state index in [2.05, 4.69) is 10.4 Å². The SMILES string of the molecule is O=C(Nc1cnn(Cc2cccc(C(F)(F)F)c2)c1)c1ccc(F)c(F)c1. The zero-order valence-electron chi connectivity index (χ0n) is 13.6. The first-order chi connectivity index (χ1) is 12.7. The molecular weight excluding hydrogens is 369 g/mol. The number of carbonyl (C=O) groups is 1. The largest absolute Gasteiger partial charge is 0.416 e. The molecule has 0 atom stereocenters. The summed E-state index contributed by atoms with van der Waals surface area (Å²) in [5.74, 6) is -2.89. The highest BCUT2D eigenvalue weighted by molar-refractivity contribution is 6.04. The van der Waals surface area contributed by atoms with Crippen LogP contribution in [0.2, 0.25) is 0 Å². The van der Waals surface area contributed by atoms with Crippen molar-refractivity contribution in [1.82, 2.24) is 9.78 Å². The van der Waals surface area contributed by atoms with Crippen molar-refractivity contribution < 1.29 is 26.7 Å². The lowest BCUT2D eigenvalue weighted by Gasteiger charge is -2.08. The van der Waals surface area contributed by atoms with E-state index in [1.807, 2.05) is 0 Å². The van der Waals surface area contributed by atoms with Gasteiger partial charge in [-0.15, -0.1) is 0 Å². The van der Waals surface area contributed by atoms with E-state index in [9.17, 15) is 26.7 Å². The molecule has 1 amide bonds. The summed E-state index contributed by atoms with van der Waals surface area (Å²) in [5.41, 5.74) is -0.207. The summed E-state index contributed by atoms with van der Waals surface area (Å²) in [5, 5.41) is 6.42. The third-order valence-corrected chi connectivity index (χ3v) is 3.67. The van der Waals surface area contributed by atoms with Gasteiger partial charge in [-0.05, 0) is 35.9 Å². The van der Waals surface area contributed by atoms with Crippen molar-refractivity contribution in [3.63, 3.8) is 0 Å². The number of amides is 1. The van der Waals surface area contributed by atoms with Crippen molar-refractivity contribution >= 4 is 11.6 Å². The molecule has 0 radical (unpaired) electrons. The van der Waals surface area contributed by atoms with Gasteiger partial charge < -0.3 is 5.32 Å². The number of halogens is 5. The van der Waals surface area contributed by atoms with Crippen LogP contribution in [-0.4, -0.2) is 15.7 Å². The van der Waals surface area contributed by atoms with Crippen molar-refractivity contribution in [2.45, 2.75) is 12.7 Å². The molecule has 1 aromatic heterocycles. The van der Waals surface area contributed by atoms with Gasteiger partial charge in [-0.1, -0.05) is 12.1 Å². The van der Waals surface area contributed by atoms with Gasteiger partial charge in [0.15, 0.2) is 11.6 Å². The maximum atomic E-state index is 13.2. The number of aromatic nitrogens is 2. The van der Waals surface area contributed by atoms with Gasteiger partial charge in [0.1, 0.15) is 0 Å². The summed E-state index contributed by atoms with van der Waals surface area (Å²) in [6.45, 7) is 0.0605. The topological polar surface area (TPSA) is 46.9 Å².